The molecule has 4 nitrogen and oxygen atoms in total. The minimum Gasteiger partial charge on any atom is -0.334 e. The lowest BCUT2D eigenvalue weighted by molar-refractivity contribution is 0.421. The molecule has 1 heterocycles. The summed E-state index contributed by atoms with van der Waals surface area (Å²) in [7, 11) is 0. The van der Waals surface area contributed by atoms with Gasteiger partial charge in [-0.1, -0.05) is 16.8 Å². The van der Waals surface area contributed by atoms with Crippen LogP contribution in [-0.4, -0.2) is 16.7 Å². The standard InChI is InChI=1S/C11H11ClIN3O/c12-7-3-4-9(13)8(6-7)11-15-10(16-17-11)2-1-5-14/h3-4,6H,1-2,5,14H2. The summed E-state index contributed by atoms with van der Waals surface area (Å²) in [4.78, 5) is 4.32. The molecule has 0 unspecified atom stereocenters. The monoisotopic (exact) mass is 363 g/mol. The first-order valence-electron chi connectivity index (χ1n) is 5.19. The van der Waals surface area contributed by atoms with Crippen LogP contribution in [0.1, 0.15) is 12.2 Å². The molecule has 0 aliphatic heterocycles. The van der Waals surface area contributed by atoms with E-state index in [2.05, 4.69) is 32.7 Å². The fourth-order valence-electron chi connectivity index (χ4n) is 1.39. The van der Waals surface area contributed by atoms with Crippen molar-refractivity contribution in [2.45, 2.75) is 12.8 Å². The Hall–Kier alpha value is -0.660. The number of aromatic nitrogens is 2. The van der Waals surface area contributed by atoms with Gasteiger partial charge in [-0.05, 0) is 53.8 Å². The second-order valence-corrected chi connectivity index (χ2v) is 5.13. The second-order valence-electron chi connectivity index (χ2n) is 3.53. The van der Waals surface area contributed by atoms with Crippen LogP contribution in [0.3, 0.4) is 0 Å². The normalized spacial score (nSPS) is 10.8. The smallest absolute Gasteiger partial charge is 0.259 e. The average Bonchev–Trinajstić information content (AvgIpc) is 2.78. The van der Waals surface area contributed by atoms with E-state index in [4.69, 9.17) is 21.9 Å². The highest BCUT2D eigenvalue weighted by molar-refractivity contribution is 14.1. The molecule has 0 saturated heterocycles. The molecule has 0 amide bonds. The van der Waals surface area contributed by atoms with Crippen molar-refractivity contribution in [3.8, 4) is 11.5 Å². The Morgan fingerprint density at radius 1 is 1.41 bits per heavy atom. The Bertz CT molecular complexity index is 515. The van der Waals surface area contributed by atoms with Crippen molar-refractivity contribution in [2.75, 3.05) is 6.54 Å². The topological polar surface area (TPSA) is 64.9 Å². The second kappa shape index (κ2) is 5.79. The van der Waals surface area contributed by atoms with Gasteiger partial charge >= 0.3 is 0 Å². The van der Waals surface area contributed by atoms with Gasteiger partial charge in [-0.3, -0.25) is 0 Å². The van der Waals surface area contributed by atoms with E-state index >= 15 is 0 Å². The van der Waals surface area contributed by atoms with Crippen LogP contribution in [0.25, 0.3) is 11.5 Å². The van der Waals surface area contributed by atoms with E-state index in [9.17, 15) is 0 Å². The molecule has 0 fully saturated rings. The van der Waals surface area contributed by atoms with Crippen LogP contribution >= 0.6 is 34.2 Å². The predicted octanol–water partition coefficient (Wildman–Crippen LogP) is 2.89. The Morgan fingerprint density at radius 3 is 3.00 bits per heavy atom. The SMILES string of the molecule is NCCCc1noc(-c2cc(Cl)ccc2I)n1. The maximum absolute atomic E-state index is 5.95. The number of halogens is 2. The number of aryl methyl sites for hydroxylation is 1. The van der Waals surface area contributed by atoms with Gasteiger partial charge in [0.05, 0.1) is 5.56 Å². The van der Waals surface area contributed by atoms with E-state index in [1.807, 2.05) is 18.2 Å². The molecule has 90 valence electrons. The number of nitrogens with zero attached hydrogens (tertiary/aromatic N) is 2. The summed E-state index contributed by atoms with van der Waals surface area (Å²) in [6, 6.07) is 5.57. The predicted molar refractivity (Wildman–Crippen MR) is 74.8 cm³/mol. The third-order valence-corrected chi connectivity index (χ3v) is 3.41. The van der Waals surface area contributed by atoms with Gasteiger partial charge in [0.25, 0.3) is 5.89 Å². The van der Waals surface area contributed by atoms with Gasteiger partial charge in [-0.2, -0.15) is 4.98 Å². The number of benzene rings is 1. The summed E-state index contributed by atoms with van der Waals surface area (Å²) in [5.41, 5.74) is 6.30. The van der Waals surface area contributed by atoms with Gasteiger partial charge in [0.2, 0.25) is 0 Å². The van der Waals surface area contributed by atoms with Crippen LogP contribution in [0, 0.1) is 3.57 Å². The Kier molecular flexibility index (Phi) is 4.36. The van der Waals surface area contributed by atoms with Crippen LogP contribution in [-0.2, 0) is 6.42 Å². The highest BCUT2D eigenvalue weighted by Crippen LogP contribution is 2.26. The molecule has 0 radical (unpaired) electrons. The first-order valence-corrected chi connectivity index (χ1v) is 6.64. The Labute approximate surface area is 118 Å². The molecule has 0 aliphatic rings. The molecule has 2 N–H and O–H groups in total. The van der Waals surface area contributed by atoms with Gasteiger partial charge in [0.1, 0.15) is 0 Å². The quantitative estimate of drug-likeness (QED) is 0.848. The van der Waals surface area contributed by atoms with Crippen molar-refractivity contribution in [3.05, 3.63) is 32.6 Å². The number of hydrogen-bond donors (Lipinski definition) is 1. The molecular weight excluding hydrogens is 352 g/mol. The van der Waals surface area contributed by atoms with Crippen molar-refractivity contribution >= 4 is 34.2 Å². The number of nitrogens with two attached hydrogens (primary N) is 1. The fraction of sp³-hybridized carbons (Fsp3) is 0.273. The molecule has 0 atom stereocenters. The molecule has 0 aliphatic carbocycles. The van der Waals surface area contributed by atoms with E-state index in [0.717, 1.165) is 22.0 Å². The summed E-state index contributed by atoms with van der Waals surface area (Å²) in [6.45, 7) is 0.624. The van der Waals surface area contributed by atoms with Crippen molar-refractivity contribution < 1.29 is 4.52 Å². The van der Waals surface area contributed by atoms with Gasteiger partial charge < -0.3 is 10.3 Å². The van der Waals surface area contributed by atoms with E-state index in [1.54, 1.807) is 0 Å². The zero-order chi connectivity index (χ0) is 12.3. The van der Waals surface area contributed by atoms with Gasteiger partial charge in [-0.15, -0.1) is 0 Å². The summed E-state index contributed by atoms with van der Waals surface area (Å²) in [5.74, 6) is 1.19. The lowest BCUT2D eigenvalue weighted by Gasteiger charge is -1.98. The van der Waals surface area contributed by atoms with Crippen LogP contribution in [0.5, 0.6) is 0 Å². The highest BCUT2D eigenvalue weighted by atomic mass is 127. The zero-order valence-electron chi connectivity index (χ0n) is 8.99. The molecule has 2 rings (SSSR count). The number of rotatable bonds is 4. The maximum atomic E-state index is 5.95. The fourth-order valence-corrected chi connectivity index (χ4v) is 2.12. The molecule has 6 heteroatoms. The minimum atomic E-state index is 0.504. The van der Waals surface area contributed by atoms with Crippen LogP contribution < -0.4 is 5.73 Å². The Balaban J connectivity index is 2.27. The first-order chi connectivity index (χ1) is 8.20. The summed E-state index contributed by atoms with van der Waals surface area (Å²) >= 11 is 8.16. The third kappa shape index (κ3) is 3.17. The molecule has 0 bridgehead atoms. The van der Waals surface area contributed by atoms with Gasteiger partial charge in [-0.25, -0.2) is 0 Å². The third-order valence-electron chi connectivity index (χ3n) is 2.23. The summed E-state index contributed by atoms with van der Waals surface area (Å²) in [6.07, 6.45) is 1.59. The highest BCUT2D eigenvalue weighted by Gasteiger charge is 2.12. The molecule has 2 aromatic rings. The molecule has 0 saturated carbocycles. The lowest BCUT2D eigenvalue weighted by Crippen LogP contribution is -2.01. The van der Waals surface area contributed by atoms with E-state index in [1.165, 1.54) is 0 Å². The van der Waals surface area contributed by atoms with E-state index < -0.39 is 0 Å². The first kappa shape index (κ1) is 12.8. The van der Waals surface area contributed by atoms with Crippen molar-refractivity contribution in [3.63, 3.8) is 0 Å². The van der Waals surface area contributed by atoms with Crippen LogP contribution in [0.4, 0.5) is 0 Å². The molecule has 17 heavy (non-hydrogen) atoms. The van der Waals surface area contributed by atoms with Crippen LogP contribution in [0.15, 0.2) is 22.7 Å². The largest absolute Gasteiger partial charge is 0.334 e. The van der Waals surface area contributed by atoms with Crippen molar-refractivity contribution in [2.24, 2.45) is 5.73 Å². The number of hydrogen-bond acceptors (Lipinski definition) is 4. The molecular formula is C11H11ClIN3O. The minimum absolute atomic E-state index is 0.504. The summed E-state index contributed by atoms with van der Waals surface area (Å²) in [5, 5.41) is 4.57. The van der Waals surface area contributed by atoms with E-state index in [-0.39, 0.29) is 0 Å². The zero-order valence-corrected chi connectivity index (χ0v) is 11.9. The molecule has 0 spiro atoms. The average molecular weight is 364 g/mol. The van der Waals surface area contributed by atoms with Gasteiger partial charge in [0, 0.05) is 15.0 Å². The summed E-state index contributed by atoms with van der Waals surface area (Å²) < 4.78 is 6.25. The van der Waals surface area contributed by atoms with Gasteiger partial charge in [0.15, 0.2) is 5.82 Å². The van der Waals surface area contributed by atoms with Crippen LogP contribution in [0.2, 0.25) is 5.02 Å². The maximum Gasteiger partial charge on any atom is 0.259 e. The van der Waals surface area contributed by atoms with E-state index in [0.29, 0.717) is 23.3 Å². The lowest BCUT2D eigenvalue weighted by atomic mass is 10.2. The van der Waals surface area contributed by atoms with Crippen molar-refractivity contribution in [1.29, 1.82) is 0 Å². The molecule has 1 aromatic carbocycles. The Morgan fingerprint density at radius 2 is 2.24 bits per heavy atom. The molecule has 1 aromatic heterocycles. The van der Waals surface area contributed by atoms with Crippen molar-refractivity contribution in [1.82, 2.24) is 10.1 Å².